The summed E-state index contributed by atoms with van der Waals surface area (Å²) in [5, 5.41) is 0.138. The fourth-order valence-electron chi connectivity index (χ4n) is 3.06. The van der Waals surface area contributed by atoms with E-state index in [4.69, 9.17) is 21.1 Å². The van der Waals surface area contributed by atoms with Crippen molar-refractivity contribution < 1.29 is 22.7 Å². The lowest BCUT2D eigenvalue weighted by molar-refractivity contribution is 0.0161. The van der Waals surface area contributed by atoms with E-state index in [0.717, 1.165) is 12.8 Å². The number of halogens is 1. The topological polar surface area (TPSA) is 72.9 Å². The molecular formula is C20H22ClNO5S. The Kier molecular flexibility index (Phi) is 6.59. The van der Waals surface area contributed by atoms with Crippen molar-refractivity contribution in [1.29, 1.82) is 0 Å². The minimum absolute atomic E-state index is 0.0184. The zero-order valence-electron chi connectivity index (χ0n) is 15.5. The summed E-state index contributed by atoms with van der Waals surface area (Å²) < 4.78 is 38.2. The van der Waals surface area contributed by atoms with Crippen LogP contribution in [0.25, 0.3) is 0 Å². The van der Waals surface area contributed by atoms with Crippen LogP contribution in [-0.4, -0.2) is 40.2 Å². The lowest BCUT2D eigenvalue weighted by Gasteiger charge is -2.23. The van der Waals surface area contributed by atoms with Gasteiger partial charge in [0.05, 0.1) is 27.3 Å². The molecule has 28 heavy (non-hydrogen) atoms. The third-order valence-electron chi connectivity index (χ3n) is 4.50. The Morgan fingerprint density at radius 1 is 1.25 bits per heavy atom. The maximum atomic E-state index is 13.1. The predicted molar refractivity (Wildman–Crippen MR) is 107 cm³/mol. The van der Waals surface area contributed by atoms with Gasteiger partial charge in [-0.2, -0.15) is 0 Å². The fourth-order valence-corrected chi connectivity index (χ4v) is 4.75. The van der Waals surface area contributed by atoms with E-state index < -0.39 is 16.0 Å². The van der Waals surface area contributed by atoms with Crippen LogP contribution in [0.2, 0.25) is 5.02 Å². The highest BCUT2D eigenvalue weighted by Gasteiger charge is 2.26. The average molecular weight is 424 g/mol. The van der Waals surface area contributed by atoms with Crippen LogP contribution in [-0.2, 0) is 19.5 Å². The van der Waals surface area contributed by atoms with Gasteiger partial charge in [-0.3, -0.25) is 4.31 Å². The molecule has 0 aromatic heterocycles. The number of hydrogen-bond acceptors (Lipinski definition) is 5. The van der Waals surface area contributed by atoms with E-state index in [1.54, 1.807) is 31.2 Å². The molecule has 3 rings (SSSR count). The summed E-state index contributed by atoms with van der Waals surface area (Å²) in [5.41, 5.74) is 0.562. The van der Waals surface area contributed by atoms with Crippen LogP contribution in [0.1, 0.15) is 30.1 Å². The van der Waals surface area contributed by atoms with E-state index >= 15 is 0 Å². The van der Waals surface area contributed by atoms with Gasteiger partial charge in [0.25, 0.3) is 10.0 Å². The molecule has 150 valence electrons. The molecule has 1 atom stereocenters. The Hall–Kier alpha value is -2.09. The number of hydrogen-bond donors (Lipinski definition) is 0. The standard InChI is InChI=1S/C20H22ClNO5S/c1-2-22(15-7-4-3-5-8-15)28(24,25)17-10-11-19(21)18(13-17)20(23)27-14-16-9-6-12-26-16/h3-5,7-8,10-11,13,16H,2,6,9,12,14H2,1H3/t16-/m0/s1. The van der Waals surface area contributed by atoms with Gasteiger partial charge in [-0.25, -0.2) is 13.2 Å². The smallest absolute Gasteiger partial charge is 0.339 e. The Morgan fingerprint density at radius 2 is 2.00 bits per heavy atom. The number of rotatable bonds is 7. The molecule has 1 fully saturated rings. The molecule has 0 spiro atoms. The van der Waals surface area contributed by atoms with Crippen molar-refractivity contribution in [1.82, 2.24) is 0 Å². The molecule has 0 unspecified atom stereocenters. The maximum Gasteiger partial charge on any atom is 0.339 e. The van der Waals surface area contributed by atoms with E-state index in [-0.39, 0.29) is 34.7 Å². The number of benzene rings is 2. The molecule has 2 aromatic carbocycles. The molecule has 6 nitrogen and oxygen atoms in total. The Bertz CT molecular complexity index is 927. The molecule has 1 saturated heterocycles. The second-order valence-electron chi connectivity index (χ2n) is 6.38. The van der Waals surface area contributed by atoms with Gasteiger partial charge in [-0.1, -0.05) is 29.8 Å². The number of ether oxygens (including phenoxy) is 2. The highest BCUT2D eigenvalue weighted by Crippen LogP contribution is 2.27. The van der Waals surface area contributed by atoms with E-state index in [2.05, 4.69) is 0 Å². The van der Waals surface area contributed by atoms with Crippen LogP contribution in [0.5, 0.6) is 0 Å². The number of nitrogens with zero attached hydrogens (tertiary/aromatic N) is 1. The lowest BCUT2D eigenvalue weighted by Crippen LogP contribution is -2.31. The summed E-state index contributed by atoms with van der Waals surface area (Å²) >= 11 is 6.13. The van der Waals surface area contributed by atoms with E-state index in [9.17, 15) is 13.2 Å². The molecule has 1 aliphatic heterocycles. The third-order valence-corrected chi connectivity index (χ3v) is 6.73. The average Bonchev–Trinajstić information content (AvgIpc) is 3.21. The normalized spacial score (nSPS) is 16.7. The van der Waals surface area contributed by atoms with Crippen LogP contribution >= 0.6 is 11.6 Å². The highest BCUT2D eigenvalue weighted by atomic mass is 35.5. The highest BCUT2D eigenvalue weighted by molar-refractivity contribution is 7.92. The van der Waals surface area contributed by atoms with Gasteiger partial charge in [0, 0.05) is 13.2 Å². The minimum atomic E-state index is -3.87. The number of sulfonamides is 1. The van der Waals surface area contributed by atoms with Crippen LogP contribution in [0.15, 0.2) is 53.4 Å². The molecule has 0 N–H and O–H groups in total. The molecule has 1 heterocycles. The van der Waals surface area contributed by atoms with Crippen molar-refractivity contribution in [3.8, 4) is 0 Å². The van der Waals surface area contributed by atoms with Crippen LogP contribution in [0.4, 0.5) is 5.69 Å². The summed E-state index contributed by atoms with van der Waals surface area (Å²) in [4.78, 5) is 12.4. The summed E-state index contributed by atoms with van der Waals surface area (Å²) in [6, 6.07) is 12.8. The van der Waals surface area contributed by atoms with E-state index in [1.807, 2.05) is 6.07 Å². The largest absolute Gasteiger partial charge is 0.459 e. The van der Waals surface area contributed by atoms with Crippen LogP contribution < -0.4 is 4.31 Å². The van der Waals surface area contributed by atoms with E-state index in [1.165, 1.54) is 22.5 Å². The predicted octanol–water partition coefficient (Wildman–Crippen LogP) is 3.89. The quantitative estimate of drug-likeness (QED) is 0.631. The Labute approximate surface area is 170 Å². The first-order chi connectivity index (χ1) is 13.4. The molecular weight excluding hydrogens is 402 g/mol. The fraction of sp³-hybridized carbons (Fsp3) is 0.350. The second kappa shape index (κ2) is 8.94. The SMILES string of the molecule is CCN(c1ccccc1)S(=O)(=O)c1ccc(Cl)c(C(=O)OC[C@@H]2CCCO2)c1. The third kappa shape index (κ3) is 4.48. The van der Waals surface area contributed by atoms with Gasteiger partial charge < -0.3 is 9.47 Å². The molecule has 0 radical (unpaired) electrons. The summed E-state index contributed by atoms with van der Waals surface area (Å²) in [7, 11) is -3.87. The van der Waals surface area contributed by atoms with Gasteiger partial charge in [0.2, 0.25) is 0 Å². The molecule has 2 aromatic rings. The van der Waals surface area contributed by atoms with Gasteiger partial charge in [0.1, 0.15) is 6.61 Å². The molecule has 0 saturated carbocycles. The minimum Gasteiger partial charge on any atom is -0.459 e. The first-order valence-electron chi connectivity index (χ1n) is 9.09. The van der Waals surface area contributed by atoms with Gasteiger partial charge in [-0.15, -0.1) is 0 Å². The number of carbonyl (C=O) groups is 1. The Balaban J connectivity index is 1.85. The van der Waals surface area contributed by atoms with Gasteiger partial charge in [0.15, 0.2) is 0 Å². The zero-order valence-corrected chi connectivity index (χ0v) is 17.1. The molecule has 1 aliphatic rings. The monoisotopic (exact) mass is 423 g/mol. The van der Waals surface area contributed by atoms with Crippen LogP contribution in [0.3, 0.4) is 0 Å². The number of esters is 1. The van der Waals surface area contributed by atoms with Crippen molar-refractivity contribution in [2.75, 3.05) is 24.1 Å². The summed E-state index contributed by atoms with van der Waals surface area (Å²) in [6.07, 6.45) is 1.64. The number of carbonyl (C=O) groups excluding carboxylic acids is 1. The molecule has 0 bridgehead atoms. The van der Waals surface area contributed by atoms with Crippen molar-refractivity contribution in [3.05, 3.63) is 59.1 Å². The first-order valence-corrected chi connectivity index (χ1v) is 10.9. The molecule has 0 aliphatic carbocycles. The molecule has 0 amide bonds. The lowest BCUT2D eigenvalue weighted by atomic mass is 10.2. The summed E-state index contributed by atoms with van der Waals surface area (Å²) in [6.45, 7) is 2.77. The van der Waals surface area contributed by atoms with Gasteiger partial charge in [-0.05, 0) is 50.1 Å². The van der Waals surface area contributed by atoms with Crippen LogP contribution in [0, 0.1) is 0 Å². The van der Waals surface area contributed by atoms with Crippen molar-refractivity contribution >= 4 is 33.3 Å². The number of anilines is 1. The van der Waals surface area contributed by atoms with E-state index in [0.29, 0.717) is 12.3 Å². The zero-order chi connectivity index (χ0) is 20.1. The maximum absolute atomic E-state index is 13.1. The van der Waals surface area contributed by atoms with Crippen molar-refractivity contribution in [2.45, 2.75) is 30.8 Å². The number of para-hydroxylation sites is 1. The summed E-state index contributed by atoms with van der Waals surface area (Å²) in [5.74, 6) is -0.666. The second-order valence-corrected chi connectivity index (χ2v) is 8.65. The Morgan fingerprint density at radius 3 is 2.64 bits per heavy atom. The van der Waals surface area contributed by atoms with Crippen molar-refractivity contribution in [2.24, 2.45) is 0 Å². The molecule has 8 heteroatoms. The van der Waals surface area contributed by atoms with Crippen molar-refractivity contribution in [3.63, 3.8) is 0 Å². The van der Waals surface area contributed by atoms with Gasteiger partial charge >= 0.3 is 5.97 Å². The first kappa shape index (κ1) is 20.6.